The third-order valence-corrected chi connectivity index (χ3v) is 3.68. The molecule has 3 heterocycles. The number of hydrogen-bond acceptors (Lipinski definition) is 6. The largest absolute Gasteiger partial charge is 0.339 e. The van der Waals surface area contributed by atoms with Gasteiger partial charge in [-0.05, 0) is 12.8 Å². The fourth-order valence-corrected chi connectivity index (χ4v) is 2.59. The number of carbonyl (C=O) groups excluding carboxylic acids is 1. The summed E-state index contributed by atoms with van der Waals surface area (Å²) in [4.78, 5) is 18.6. The number of hydrogen-bond donors (Lipinski definition) is 0. The Bertz CT molecular complexity index is 594. The van der Waals surface area contributed by atoms with Gasteiger partial charge in [0.2, 0.25) is 11.8 Å². The molecule has 1 aliphatic heterocycles. The number of likely N-dealkylation sites (tertiary alicyclic amines) is 1. The fraction of sp³-hybridized carbons (Fsp3) is 0.615. The van der Waals surface area contributed by atoms with E-state index in [0.29, 0.717) is 31.1 Å². The highest BCUT2D eigenvalue weighted by Gasteiger charge is 2.32. The van der Waals surface area contributed by atoms with Gasteiger partial charge in [0.15, 0.2) is 5.82 Å². The van der Waals surface area contributed by atoms with E-state index in [1.165, 1.54) is 0 Å². The van der Waals surface area contributed by atoms with Crippen molar-refractivity contribution in [3.8, 4) is 0 Å². The summed E-state index contributed by atoms with van der Waals surface area (Å²) in [6, 6.07) is -0.0581. The Morgan fingerprint density at radius 2 is 2.43 bits per heavy atom. The second-order valence-electron chi connectivity index (χ2n) is 5.06. The molecule has 0 N–H and O–H groups in total. The van der Waals surface area contributed by atoms with Crippen LogP contribution >= 0.6 is 0 Å². The third kappa shape index (κ3) is 2.93. The van der Waals surface area contributed by atoms with E-state index in [1.54, 1.807) is 17.1 Å². The molecule has 0 bridgehead atoms. The summed E-state index contributed by atoms with van der Waals surface area (Å²) < 4.78 is 6.81. The molecule has 0 aromatic carbocycles. The lowest BCUT2D eigenvalue weighted by Crippen LogP contribution is -2.31. The SMILES string of the molecule is CCc1nc(C2CCCN2C(=O)CCn2ccnn2)no1. The molecule has 8 heteroatoms. The summed E-state index contributed by atoms with van der Waals surface area (Å²) in [5.41, 5.74) is 0. The first-order chi connectivity index (χ1) is 10.3. The average Bonchev–Trinajstić information content (AvgIpc) is 3.23. The van der Waals surface area contributed by atoms with Crippen LogP contribution in [0.2, 0.25) is 0 Å². The van der Waals surface area contributed by atoms with Crippen molar-refractivity contribution < 1.29 is 9.32 Å². The van der Waals surface area contributed by atoms with Crippen molar-refractivity contribution in [1.82, 2.24) is 30.0 Å². The van der Waals surface area contributed by atoms with Crippen molar-refractivity contribution in [3.63, 3.8) is 0 Å². The van der Waals surface area contributed by atoms with Gasteiger partial charge in [-0.3, -0.25) is 9.48 Å². The molecule has 0 radical (unpaired) electrons. The molecule has 1 fully saturated rings. The van der Waals surface area contributed by atoms with Crippen LogP contribution in [0.25, 0.3) is 0 Å². The molecule has 0 spiro atoms. The van der Waals surface area contributed by atoms with Gasteiger partial charge >= 0.3 is 0 Å². The summed E-state index contributed by atoms with van der Waals surface area (Å²) >= 11 is 0. The number of rotatable bonds is 5. The summed E-state index contributed by atoms with van der Waals surface area (Å²) in [7, 11) is 0. The first kappa shape index (κ1) is 13.7. The molecule has 2 aromatic rings. The lowest BCUT2D eigenvalue weighted by molar-refractivity contribution is -0.132. The zero-order chi connectivity index (χ0) is 14.7. The Morgan fingerprint density at radius 1 is 1.52 bits per heavy atom. The Kier molecular flexibility index (Phi) is 3.94. The van der Waals surface area contributed by atoms with Crippen LogP contribution in [0, 0.1) is 0 Å². The van der Waals surface area contributed by atoms with Crippen LogP contribution in [0.15, 0.2) is 16.9 Å². The summed E-state index contributed by atoms with van der Waals surface area (Å²) in [6.07, 6.45) is 6.32. The monoisotopic (exact) mass is 290 g/mol. The predicted octanol–water partition coefficient (Wildman–Crippen LogP) is 0.977. The second-order valence-corrected chi connectivity index (χ2v) is 5.06. The predicted molar refractivity (Wildman–Crippen MR) is 72.0 cm³/mol. The van der Waals surface area contributed by atoms with Crippen LogP contribution in [0.1, 0.15) is 43.9 Å². The molecule has 0 aliphatic carbocycles. The summed E-state index contributed by atoms with van der Waals surface area (Å²) in [6.45, 7) is 3.25. The van der Waals surface area contributed by atoms with E-state index >= 15 is 0 Å². The molecule has 3 rings (SSSR count). The Hall–Kier alpha value is -2.25. The van der Waals surface area contributed by atoms with Crippen molar-refractivity contribution in [2.45, 2.75) is 45.2 Å². The third-order valence-electron chi connectivity index (χ3n) is 3.68. The minimum absolute atomic E-state index is 0.0581. The van der Waals surface area contributed by atoms with E-state index in [2.05, 4.69) is 20.5 Å². The van der Waals surface area contributed by atoms with Crippen LogP contribution in [0.3, 0.4) is 0 Å². The molecule has 1 unspecified atom stereocenters. The molecule has 0 saturated carbocycles. The number of nitrogens with zero attached hydrogens (tertiary/aromatic N) is 6. The van der Waals surface area contributed by atoms with Gasteiger partial charge < -0.3 is 9.42 Å². The van der Waals surface area contributed by atoms with Gasteiger partial charge in [0.1, 0.15) is 0 Å². The maximum Gasteiger partial charge on any atom is 0.226 e. The van der Waals surface area contributed by atoms with E-state index in [-0.39, 0.29) is 11.9 Å². The highest BCUT2D eigenvalue weighted by atomic mass is 16.5. The second kappa shape index (κ2) is 6.02. The van der Waals surface area contributed by atoms with Gasteiger partial charge in [-0.25, -0.2) is 0 Å². The zero-order valence-electron chi connectivity index (χ0n) is 12.0. The molecule has 1 saturated heterocycles. The minimum atomic E-state index is -0.0581. The molecule has 1 aliphatic rings. The van der Waals surface area contributed by atoms with Crippen LogP contribution in [0.4, 0.5) is 0 Å². The van der Waals surface area contributed by atoms with Gasteiger partial charge in [-0.1, -0.05) is 17.3 Å². The number of carbonyl (C=O) groups is 1. The van der Waals surface area contributed by atoms with Crippen molar-refractivity contribution in [2.75, 3.05) is 6.54 Å². The van der Waals surface area contributed by atoms with E-state index in [1.807, 2.05) is 11.8 Å². The minimum Gasteiger partial charge on any atom is -0.339 e. The molecular formula is C13H18N6O2. The number of amides is 1. The highest BCUT2D eigenvalue weighted by molar-refractivity contribution is 5.76. The van der Waals surface area contributed by atoms with E-state index in [4.69, 9.17) is 4.52 Å². The quantitative estimate of drug-likeness (QED) is 0.815. The molecule has 21 heavy (non-hydrogen) atoms. The van der Waals surface area contributed by atoms with Crippen molar-refractivity contribution in [3.05, 3.63) is 24.1 Å². The van der Waals surface area contributed by atoms with Crippen molar-refractivity contribution >= 4 is 5.91 Å². The molecule has 1 amide bonds. The van der Waals surface area contributed by atoms with Gasteiger partial charge in [0.05, 0.1) is 18.8 Å². The van der Waals surface area contributed by atoms with Gasteiger partial charge in [0.25, 0.3) is 0 Å². The van der Waals surface area contributed by atoms with Crippen molar-refractivity contribution in [2.24, 2.45) is 0 Å². The van der Waals surface area contributed by atoms with Crippen LogP contribution in [-0.2, 0) is 17.8 Å². The molecular weight excluding hydrogens is 272 g/mol. The van der Waals surface area contributed by atoms with Crippen LogP contribution in [0.5, 0.6) is 0 Å². The number of aromatic nitrogens is 5. The van der Waals surface area contributed by atoms with Crippen molar-refractivity contribution in [1.29, 1.82) is 0 Å². The van der Waals surface area contributed by atoms with E-state index in [0.717, 1.165) is 19.4 Å². The summed E-state index contributed by atoms with van der Waals surface area (Å²) in [5, 5.41) is 11.6. The van der Waals surface area contributed by atoms with Gasteiger partial charge in [-0.2, -0.15) is 4.98 Å². The standard InChI is InChI=1S/C13H18N6O2/c1-2-11-15-13(16-21-11)10-4-3-7-19(10)12(20)5-8-18-9-6-14-17-18/h6,9-10H,2-5,7-8H2,1H3. The topological polar surface area (TPSA) is 89.9 Å². The van der Waals surface area contributed by atoms with Crippen LogP contribution < -0.4 is 0 Å². The molecule has 2 aromatic heterocycles. The fourth-order valence-electron chi connectivity index (χ4n) is 2.59. The number of aryl methyl sites for hydroxylation is 2. The molecule has 112 valence electrons. The van der Waals surface area contributed by atoms with E-state index < -0.39 is 0 Å². The van der Waals surface area contributed by atoms with Gasteiger partial charge in [-0.15, -0.1) is 5.10 Å². The van der Waals surface area contributed by atoms with E-state index in [9.17, 15) is 4.79 Å². The Labute approximate surface area is 122 Å². The Balaban J connectivity index is 1.64. The summed E-state index contributed by atoms with van der Waals surface area (Å²) in [5.74, 6) is 1.33. The molecule has 1 atom stereocenters. The molecule has 8 nitrogen and oxygen atoms in total. The first-order valence-electron chi connectivity index (χ1n) is 7.24. The lowest BCUT2D eigenvalue weighted by Gasteiger charge is -2.22. The smallest absolute Gasteiger partial charge is 0.226 e. The normalized spacial score (nSPS) is 18.3. The average molecular weight is 290 g/mol. The highest BCUT2D eigenvalue weighted by Crippen LogP contribution is 2.30. The van der Waals surface area contributed by atoms with Gasteiger partial charge in [0, 0.05) is 25.6 Å². The van der Waals surface area contributed by atoms with Crippen LogP contribution in [-0.4, -0.2) is 42.5 Å². The lowest BCUT2D eigenvalue weighted by atomic mass is 10.2. The zero-order valence-corrected chi connectivity index (χ0v) is 12.0. The first-order valence-corrected chi connectivity index (χ1v) is 7.24. The Morgan fingerprint density at radius 3 is 3.14 bits per heavy atom. The maximum atomic E-state index is 12.4. The maximum absolute atomic E-state index is 12.4.